The maximum Gasteiger partial charge on any atom is 0.396 e. The van der Waals surface area contributed by atoms with E-state index >= 15 is 0 Å². The Kier molecular flexibility index (Phi) is 2.86. The topological polar surface area (TPSA) is 74.2 Å². The van der Waals surface area contributed by atoms with Crippen molar-refractivity contribution in [3.05, 3.63) is 11.7 Å². The summed E-state index contributed by atoms with van der Waals surface area (Å²) in [6.45, 7) is 2.32. The highest BCUT2D eigenvalue weighted by Crippen LogP contribution is 2.31. The van der Waals surface area contributed by atoms with Gasteiger partial charge >= 0.3 is 6.18 Å². The zero-order chi connectivity index (χ0) is 12.7. The van der Waals surface area contributed by atoms with Gasteiger partial charge in [0.1, 0.15) is 6.42 Å². The predicted octanol–water partition coefficient (Wildman–Crippen LogP) is 0.790. The van der Waals surface area contributed by atoms with Gasteiger partial charge in [0, 0.05) is 6.04 Å². The summed E-state index contributed by atoms with van der Waals surface area (Å²) >= 11 is 0. The maximum absolute atomic E-state index is 12.1. The fraction of sp³-hybridized carbons (Fsp3) is 0.778. The molecule has 0 bridgehead atoms. The van der Waals surface area contributed by atoms with Crippen molar-refractivity contribution in [2.75, 3.05) is 13.2 Å². The summed E-state index contributed by atoms with van der Waals surface area (Å²) in [5.74, 6) is -0.283. The minimum atomic E-state index is -4.35. The van der Waals surface area contributed by atoms with Crippen LogP contribution in [0.3, 0.4) is 0 Å². The Balaban J connectivity index is 2.18. The standard InChI is InChI=1S/C9H12F3N3O2/c1-8(4-16-3-5(8)13)7-14-6(15-17-7)2-9(10,11)12/h5H,2-4,13H2,1H3. The summed E-state index contributed by atoms with van der Waals surface area (Å²) in [6.07, 6.45) is -5.56. The molecule has 17 heavy (non-hydrogen) atoms. The molecule has 0 radical (unpaired) electrons. The molecule has 1 saturated heterocycles. The van der Waals surface area contributed by atoms with Crippen molar-refractivity contribution in [2.45, 2.75) is 31.0 Å². The second kappa shape index (κ2) is 3.95. The van der Waals surface area contributed by atoms with Crippen molar-refractivity contribution in [1.29, 1.82) is 0 Å². The summed E-state index contributed by atoms with van der Waals surface area (Å²) in [7, 11) is 0. The van der Waals surface area contributed by atoms with E-state index in [0.717, 1.165) is 0 Å². The van der Waals surface area contributed by atoms with Gasteiger partial charge in [-0.05, 0) is 6.92 Å². The first kappa shape index (κ1) is 12.3. The average Bonchev–Trinajstić information content (AvgIpc) is 2.74. The van der Waals surface area contributed by atoms with Crippen LogP contribution in [0.5, 0.6) is 0 Å². The van der Waals surface area contributed by atoms with Gasteiger partial charge in [0.25, 0.3) is 0 Å². The lowest BCUT2D eigenvalue weighted by molar-refractivity contribution is -0.128. The van der Waals surface area contributed by atoms with Crippen LogP contribution in [0.15, 0.2) is 4.52 Å². The first-order valence-electron chi connectivity index (χ1n) is 5.04. The number of hydrogen-bond donors (Lipinski definition) is 1. The van der Waals surface area contributed by atoms with Crippen molar-refractivity contribution < 1.29 is 22.4 Å². The van der Waals surface area contributed by atoms with Crippen LogP contribution >= 0.6 is 0 Å². The fourth-order valence-electron chi connectivity index (χ4n) is 1.65. The molecule has 1 aliphatic rings. The molecular weight excluding hydrogens is 239 g/mol. The van der Waals surface area contributed by atoms with Gasteiger partial charge in [0.15, 0.2) is 5.82 Å². The van der Waals surface area contributed by atoms with Gasteiger partial charge < -0.3 is 15.0 Å². The van der Waals surface area contributed by atoms with E-state index in [9.17, 15) is 13.2 Å². The first-order valence-corrected chi connectivity index (χ1v) is 5.04. The third-order valence-corrected chi connectivity index (χ3v) is 2.83. The summed E-state index contributed by atoms with van der Waals surface area (Å²) in [5, 5.41) is 3.31. The SMILES string of the molecule is CC1(c2nc(CC(F)(F)F)no2)COCC1N. The van der Waals surface area contributed by atoms with Gasteiger partial charge in [-0.15, -0.1) is 0 Å². The van der Waals surface area contributed by atoms with E-state index < -0.39 is 18.0 Å². The number of hydrogen-bond acceptors (Lipinski definition) is 5. The van der Waals surface area contributed by atoms with Crippen LogP contribution in [-0.2, 0) is 16.6 Å². The number of rotatable bonds is 2. The lowest BCUT2D eigenvalue weighted by atomic mass is 9.86. The van der Waals surface area contributed by atoms with E-state index in [2.05, 4.69) is 10.1 Å². The van der Waals surface area contributed by atoms with Crippen molar-refractivity contribution in [2.24, 2.45) is 5.73 Å². The van der Waals surface area contributed by atoms with E-state index in [1.165, 1.54) is 0 Å². The van der Waals surface area contributed by atoms with E-state index in [1.54, 1.807) is 6.92 Å². The summed E-state index contributed by atoms with van der Waals surface area (Å²) < 4.78 is 46.4. The smallest absolute Gasteiger partial charge is 0.379 e. The molecule has 2 N–H and O–H groups in total. The molecule has 0 amide bonds. The molecule has 0 aromatic carbocycles. The van der Waals surface area contributed by atoms with E-state index in [-0.39, 0.29) is 24.4 Å². The predicted molar refractivity (Wildman–Crippen MR) is 50.2 cm³/mol. The molecule has 2 rings (SSSR count). The summed E-state index contributed by atoms with van der Waals surface area (Å²) in [4.78, 5) is 3.74. The highest BCUT2D eigenvalue weighted by molar-refractivity contribution is 5.11. The van der Waals surface area contributed by atoms with Crippen LogP contribution in [0, 0.1) is 0 Å². The number of nitrogens with zero attached hydrogens (tertiary/aromatic N) is 2. The molecule has 2 atom stereocenters. The monoisotopic (exact) mass is 251 g/mol. The van der Waals surface area contributed by atoms with Gasteiger partial charge in [-0.3, -0.25) is 0 Å². The normalized spacial score (nSPS) is 29.8. The van der Waals surface area contributed by atoms with E-state index in [0.29, 0.717) is 6.61 Å². The molecule has 1 aromatic heterocycles. The van der Waals surface area contributed by atoms with Crippen molar-refractivity contribution in [3.8, 4) is 0 Å². The van der Waals surface area contributed by atoms with Gasteiger partial charge in [-0.25, -0.2) is 0 Å². The first-order chi connectivity index (χ1) is 7.81. The molecule has 2 heterocycles. The van der Waals surface area contributed by atoms with Crippen LogP contribution in [0.25, 0.3) is 0 Å². The number of nitrogens with two attached hydrogens (primary N) is 1. The molecule has 96 valence electrons. The van der Waals surface area contributed by atoms with Crippen LogP contribution in [0.1, 0.15) is 18.6 Å². The molecule has 0 aliphatic carbocycles. The Morgan fingerprint density at radius 3 is 2.76 bits per heavy atom. The Bertz CT molecular complexity index is 406. The van der Waals surface area contributed by atoms with Gasteiger partial charge in [-0.1, -0.05) is 5.16 Å². The molecular formula is C9H12F3N3O2. The molecule has 0 spiro atoms. The minimum Gasteiger partial charge on any atom is -0.379 e. The van der Waals surface area contributed by atoms with Gasteiger partial charge in [0.2, 0.25) is 5.89 Å². The van der Waals surface area contributed by atoms with Crippen LogP contribution in [0.2, 0.25) is 0 Å². The fourth-order valence-corrected chi connectivity index (χ4v) is 1.65. The zero-order valence-corrected chi connectivity index (χ0v) is 9.12. The van der Waals surface area contributed by atoms with E-state index in [4.69, 9.17) is 15.0 Å². The summed E-state index contributed by atoms with van der Waals surface area (Å²) in [6, 6.07) is -0.360. The molecule has 1 fully saturated rings. The number of alkyl halides is 3. The summed E-state index contributed by atoms with van der Waals surface area (Å²) in [5.41, 5.74) is 5.10. The third kappa shape index (κ3) is 2.42. The largest absolute Gasteiger partial charge is 0.396 e. The van der Waals surface area contributed by atoms with Crippen LogP contribution in [-0.4, -0.2) is 35.6 Å². The number of aromatic nitrogens is 2. The van der Waals surface area contributed by atoms with Crippen molar-refractivity contribution in [3.63, 3.8) is 0 Å². The highest BCUT2D eigenvalue weighted by Gasteiger charge is 2.44. The third-order valence-electron chi connectivity index (χ3n) is 2.83. The molecule has 0 saturated carbocycles. The van der Waals surface area contributed by atoms with E-state index in [1.807, 2.05) is 0 Å². The molecule has 1 aliphatic heterocycles. The second-order valence-corrected chi connectivity index (χ2v) is 4.35. The Labute approximate surface area is 95.1 Å². The van der Waals surface area contributed by atoms with Crippen molar-refractivity contribution >= 4 is 0 Å². The molecule has 1 aromatic rings. The number of ether oxygens (including phenoxy) is 1. The Morgan fingerprint density at radius 2 is 2.24 bits per heavy atom. The van der Waals surface area contributed by atoms with Gasteiger partial charge in [0.05, 0.1) is 18.6 Å². The minimum absolute atomic E-state index is 0.0988. The van der Waals surface area contributed by atoms with Crippen LogP contribution < -0.4 is 5.73 Å². The Hall–Kier alpha value is -1.15. The Morgan fingerprint density at radius 1 is 1.53 bits per heavy atom. The molecule has 2 unspecified atom stereocenters. The van der Waals surface area contributed by atoms with Crippen molar-refractivity contribution in [1.82, 2.24) is 10.1 Å². The maximum atomic E-state index is 12.1. The second-order valence-electron chi connectivity index (χ2n) is 4.35. The molecule has 8 heteroatoms. The number of halogens is 3. The van der Waals surface area contributed by atoms with Gasteiger partial charge in [-0.2, -0.15) is 18.2 Å². The average molecular weight is 251 g/mol. The highest BCUT2D eigenvalue weighted by atomic mass is 19.4. The lowest BCUT2D eigenvalue weighted by Gasteiger charge is -2.21. The van der Waals surface area contributed by atoms with Crippen LogP contribution in [0.4, 0.5) is 13.2 Å². The lowest BCUT2D eigenvalue weighted by Crippen LogP contribution is -2.42. The quantitative estimate of drug-likeness (QED) is 0.841. The molecule has 5 nitrogen and oxygen atoms in total. The zero-order valence-electron chi connectivity index (χ0n) is 9.12.